The zero-order valence-electron chi connectivity index (χ0n) is 9.54. The maximum absolute atomic E-state index is 12.0. The van der Waals surface area contributed by atoms with Crippen LogP contribution < -0.4 is 10.9 Å². The molecule has 0 aliphatic rings. The summed E-state index contributed by atoms with van der Waals surface area (Å²) in [7, 11) is 0. The number of aromatic nitrogens is 1. The van der Waals surface area contributed by atoms with Crippen molar-refractivity contribution in [1.29, 1.82) is 0 Å². The second-order valence-electron chi connectivity index (χ2n) is 3.62. The lowest BCUT2D eigenvalue weighted by Crippen LogP contribution is -2.26. The Bertz CT molecular complexity index is 711. The molecule has 0 saturated carbocycles. The molecule has 0 atom stereocenters. The molecule has 0 fully saturated rings. The second-order valence-corrected chi connectivity index (χ2v) is 6.39. The predicted octanol–water partition coefficient (Wildman–Crippen LogP) is 4.37. The third-order valence-electron chi connectivity index (χ3n) is 2.26. The highest BCUT2D eigenvalue weighted by molar-refractivity contribution is 9.10. The fraction of sp³-hybridized carbons (Fsp3) is 0.0909. The standard InChI is InChI=1S/C11H7BrCl2N2O2S/c1-5-9(12)10(17)16(19-5)11(18)15-6-2-3-7(13)8(14)4-6/h2-4H,1H3,(H,15,18). The first-order chi connectivity index (χ1) is 8.90. The number of nitrogens with zero attached hydrogens (tertiary/aromatic N) is 1. The zero-order valence-corrected chi connectivity index (χ0v) is 13.5. The minimum atomic E-state index is -0.540. The number of anilines is 1. The summed E-state index contributed by atoms with van der Waals surface area (Å²) in [5.41, 5.74) is 0.0773. The Morgan fingerprint density at radius 1 is 1.37 bits per heavy atom. The topological polar surface area (TPSA) is 51.1 Å². The maximum atomic E-state index is 12.0. The van der Waals surface area contributed by atoms with E-state index in [4.69, 9.17) is 23.2 Å². The minimum Gasteiger partial charge on any atom is -0.306 e. The van der Waals surface area contributed by atoms with Gasteiger partial charge < -0.3 is 5.32 Å². The van der Waals surface area contributed by atoms with Gasteiger partial charge in [-0.15, -0.1) is 0 Å². The third kappa shape index (κ3) is 3.02. The summed E-state index contributed by atoms with van der Waals surface area (Å²) in [5.74, 6) is 0. The summed E-state index contributed by atoms with van der Waals surface area (Å²) >= 11 is 15.8. The highest BCUT2D eigenvalue weighted by Gasteiger charge is 2.15. The van der Waals surface area contributed by atoms with E-state index in [1.54, 1.807) is 19.1 Å². The van der Waals surface area contributed by atoms with E-state index in [0.717, 1.165) is 20.4 Å². The molecule has 1 amide bonds. The highest BCUT2D eigenvalue weighted by atomic mass is 79.9. The van der Waals surface area contributed by atoms with Crippen molar-refractivity contribution in [2.45, 2.75) is 6.92 Å². The van der Waals surface area contributed by atoms with Crippen LogP contribution in [0.4, 0.5) is 10.5 Å². The van der Waals surface area contributed by atoms with Crippen LogP contribution in [0.15, 0.2) is 27.5 Å². The predicted molar refractivity (Wildman–Crippen MR) is 81.9 cm³/mol. The Morgan fingerprint density at radius 3 is 2.58 bits per heavy atom. The van der Waals surface area contributed by atoms with Gasteiger partial charge in [-0.05, 0) is 41.1 Å². The summed E-state index contributed by atoms with van der Waals surface area (Å²) in [4.78, 5) is 24.5. The Morgan fingerprint density at radius 2 is 2.05 bits per heavy atom. The summed E-state index contributed by atoms with van der Waals surface area (Å²) in [5, 5.41) is 3.30. The minimum absolute atomic E-state index is 0.329. The Labute approximate surface area is 131 Å². The molecule has 1 heterocycles. The SMILES string of the molecule is Cc1sn(C(=O)Nc2ccc(Cl)c(Cl)c2)c(=O)c1Br. The van der Waals surface area contributed by atoms with E-state index in [9.17, 15) is 9.59 Å². The van der Waals surface area contributed by atoms with Gasteiger partial charge in [0.1, 0.15) is 0 Å². The smallest absolute Gasteiger partial charge is 0.306 e. The zero-order chi connectivity index (χ0) is 14.2. The molecule has 19 heavy (non-hydrogen) atoms. The molecule has 1 aromatic carbocycles. The van der Waals surface area contributed by atoms with E-state index in [0.29, 0.717) is 20.2 Å². The van der Waals surface area contributed by atoms with Gasteiger partial charge in [0.2, 0.25) is 0 Å². The Hall–Kier alpha value is -0.820. The maximum Gasteiger partial charge on any atom is 0.342 e. The highest BCUT2D eigenvalue weighted by Crippen LogP contribution is 2.25. The molecule has 0 radical (unpaired) electrons. The van der Waals surface area contributed by atoms with E-state index in [1.807, 2.05) is 0 Å². The molecule has 1 N–H and O–H groups in total. The average Bonchev–Trinajstić information content (AvgIpc) is 2.62. The molecule has 2 aromatic rings. The van der Waals surface area contributed by atoms with E-state index in [2.05, 4.69) is 21.2 Å². The van der Waals surface area contributed by atoms with Crippen LogP contribution in [-0.2, 0) is 0 Å². The largest absolute Gasteiger partial charge is 0.342 e. The van der Waals surface area contributed by atoms with Crippen molar-refractivity contribution in [3.05, 3.63) is 47.9 Å². The van der Waals surface area contributed by atoms with Crippen LogP contribution >= 0.6 is 50.7 Å². The lowest BCUT2D eigenvalue weighted by atomic mass is 10.3. The molecule has 0 saturated heterocycles. The van der Waals surface area contributed by atoms with E-state index in [1.165, 1.54) is 6.07 Å². The van der Waals surface area contributed by atoms with Crippen LogP contribution in [0.5, 0.6) is 0 Å². The molecule has 2 rings (SSSR count). The lowest BCUT2D eigenvalue weighted by Gasteiger charge is -2.05. The number of hydrogen-bond donors (Lipinski definition) is 1. The first-order valence-electron chi connectivity index (χ1n) is 5.05. The van der Waals surface area contributed by atoms with E-state index >= 15 is 0 Å². The number of nitrogens with one attached hydrogen (secondary N) is 1. The normalized spacial score (nSPS) is 10.5. The first kappa shape index (κ1) is 14.6. The van der Waals surface area contributed by atoms with Crippen molar-refractivity contribution >= 4 is 62.4 Å². The van der Waals surface area contributed by atoms with Gasteiger partial charge in [0.15, 0.2) is 0 Å². The van der Waals surface area contributed by atoms with Crippen molar-refractivity contribution in [1.82, 2.24) is 3.96 Å². The third-order valence-corrected chi connectivity index (χ3v) is 5.19. The number of rotatable bonds is 1. The molecule has 0 spiro atoms. The van der Waals surface area contributed by atoms with Crippen molar-refractivity contribution in [2.24, 2.45) is 0 Å². The van der Waals surface area contributed by atoms with Crippen LogP contribution in [0.1, 0.15) is 4.88 Å². The van der Waals surface area contributed by atoms with Crippen LogP contribution in [0.25, 0.3) is 0 Å². The number of aryl methyl sites for hydroxylation is 1. The molecule has 4 nitrogen and oxygen atoms in total. The molecule has 100 valence electrons. The van der Waals surface area contributed by atoms with Crippen LogP contribution in [0.2, 0.25) is 10.0 Å². The molecule has 1 aromatic heterocycles. The average molecular weight is 382 g/mol. The van der Waals surface area contributed by atoms with Gasteiger partial charge in [-0.2, -0.15) is 3.96 Å². The van der Waals surface area contributed by atoms with Crippen LogP contribution in [-0.4, -0.2) is 9.99 Å². The second kappa shape index (κ2) is 5.66. The van der Waals surface area contributed by atoms with Crippen molar-refractivity contribution < 1.29 is 4.79 Å². The van der Waals surface area contributed by atoms with E-state index < -0.39 is 6.03 Å². The van der Waals surface area contributed by atoms with Gasteiger partial charge in [0.05, 0.1) is 14.5 Å². The molecular formula is C11H7BrCl2N2O2S. The number of carbonyl (C=O) groups excluding carboxylic acids is 1. The van der Waals surface area contributed by atoms with Crippen molar-refractivity contribution in [3.63, 3.8) is 0 Å². The fourth-order valence-electron chi connectivity index (χ4n) is 1.34. The fourth-order valence-corrected chi connectivity index (χ4v) is 2.89. The molecular weight excluding hydrogens is 375 g/mol. The van der Waals surface area contributed by atoms with Gasteiger partial charge in [-0.25, -0.2) is 4.79 Å². The monoisotopic (exact) mass is 380 g/mol. The summed E-state index contributed by atoms with van der Waals surface area (Å²) < 4.78 is 1.42. The number of hydrogen-bond acceptors (Lipinski definition) is 3. The van der Waals surface area contributed by atoms with Crippen molar-refractivity contribution in [3.8, 4) is 0 Å². The van der Waals surface area contributed by atoms with Gasteiger partial charge in [0, 0.05) is 10.6 Å². The molecule has 0 bridgehead atoms. The summed E-state index contributed by atoms with van der Waals surface area (Å²) in [6.45, 7) is 1.75. The number of halogens is 3. The number of carbonyl (C=O) groups is 1. The summed E-state index contributed by atoms with van der Waals surface area (Å²) in [6, 6.07) is 4.15. The molecule has 0 aliphatic heterocycles. The molecule has 0 unspecified atom stereocenters. The molecule has 8 heteroatoms. The van der Waals surface area contributed by atoms with Gasteiger partial charge in [0.25, 0.3) is 5.56 Å². The summed E-state index contributed by atoms with van der Waals surface area (Å²) in [6.07, 6.45) is 0. The van der Waals surface area contributed by atoms with Gasteiger partial charge in [-0.3, -0.25) is 4.79 Å². The first-order valence-corrected chi connectivity index (χ1v) is 7.37. The molecule has 0 aliphatic carbocycles. The quantitative estimate of drug-likeness (QED) is 0.797. The Balaban J connectivity index is 2.28. The number of amides is 1. The van der Waals surface area contributed by atoms with Gasteiger partial charge >= 0.3 is 6.03 Å². The van der Waals surface area contributed by atoms with Gasteiger partial charge in [-0.1, -0.05) is 34.7 Å². The Kier molecular flexibility index (Phi) is 4.35. The van der Waals surface area contributed by atoms with Crippen LogP contribution in [0.3, 0.4) is 0 Å². The van der Waals surface area contributed by atoms with Crippen LogP contribution in [0, 0.1) is 6.92 Å². The lowest BCUT2D eigenvalue weighted by molar-refractivity contribution is 0.255. The van der Waals surface area contributed by atoms with E-state index in [-0.39, 0.29) is 5.56 Å². The van der Waals surface area contributed by atoms with Crippen molar-refractivity contribution in [2.75, 3.05) is 5.32 Å². The number of benzene rings is 1.